The molecule has 3 unspecified atom stereocenters. The maximum atomic E-state index is 13.0. The Kier molecular flexibility index (Phi) is 54.3. The summed E-state index contributed by atoms with van der Waals surface area (Å²) >= 11 is 0. The molecule has 0 aliphatic rings. The van der Waals surface area contributed by atoms with Crippen LogP contribution in [0.25, 0.3) is 0 Å². The molecule has 6 atom stereocenters. The van der Waals surface area contributed by atoms with E-state index in [2.05, 4.69) is 41.5 Å². The number of unbranched alkanes of at least 4 members (excludes halogenated alkanes) is 31. The molecular weight excluding hydrogens is 1090 g/mol. The van der Waals surface area contributed by atoms with E-state index < -0.39 is 97.5 Å². The molecule has 0 radical (unpaired) electrons. The van der Waals surface area contributed by atoms with Gasteiger partial charge in [0.15, 0.2) is 12.2 Å². The van der Waals surface area contributed by atoms with Crippen molar-refractivity contribution in [3.63, 3.8) is 0 Å². The minimum atomic E-state index is -4.94. The van der Waals surface area contributed by atoms with Gasteiger partial charge in [0, 0.05) is 25.7 Å². The van der Waals surface area contributed by atoms with Crippen LogP contribution in [0.1, 0.15) is 311 Å². The van der Waals surface area contributed by atoms with Crippen molar-refractivity contribution in [3.05, 3.63) is 0 Å². The van der Waals surface area contributed by atoms with Gasteiger partial charge in [0.2, 0.25) is 0 Å². The van der Waals surface area contributed by atoms with Gasteiger partial charge < -0.3 is 33.8 Å². The highest BCUT2D eigenvalue weighted by molar-refractivity contribution is 7.47. The van der Waals surface area contributed by atoms with E-state index in [1.165, 1.54) is 122 Å². The van der Waals surface area contributed by atoms with Crippen LogP contribution in [0.4, 0.5) is 0 Å². The van der Waals surface area contributed by atoms with Crippen LogP contribution in [-0.2, 0) is 65.4 Å². The van der Waals surface area contributed by atoms with E-state index in [4.69, 9.17) is 37.0 Å². The fourth-order valence-electron chi connectivity index (χ4n) is 9.32. The second-order valence-electron chi connectivity index (χ2n) is 23.5. The summed E-state index contributed by atoms with van der Waals surface area (Å²) in [7, 11) is -9.88. The molecule has 17 nitrogen and oxygen atoms in total. The molecule has 82 heavy (non-hydrogen) atoms. The lowest BCUT2D eigenvalue weighted by Crippen LogP contribution is -2.30. The summed E-state index contributed by atoms with van der Waals surface area (Å²) in [6, 6.07) is 0. The zero-order valence-corrected chi connectivity index (χ0v) is 54.6. The van der Waals surface area contributed by atoms with Crippen molar-refractivity contribution in [1.29, 1.82) is 0 Å². The van der Waals surface area contributed by atoms with Crippen LogP contribution >= 0.6 is 15.6 Å². The Morgan fingerprint density at radius 1 is 0.354 bits per heavy atom. The molecule has 19 heteroatoms. The Morgan fingerprint density at radius 3 is 0.927 bits per heavy atom. The fraction of sp³-hybridized carbons (Fsp3) is 0.937. The smallest absolute Gasteiger partial charge is 0.462 e. The largest absolute Gasteiger partial charge is 0.472 e. The van der Waals surface area contributed by atoms with Crippen molar-refractivity contribution < 1.29 is 80.2 Å². The van der Waals surface area contributed by atoms with E-state index in [-0.39, 0.29) is 25.7 Å². The summed E-state index contributed by atoms with van der Waals surface area (Å²) in [5, 5.41) is 10.5. The number of hydrogen-bond acceptors (Lipinski definition) is 15. The van der Waals surface area contributed by atoms with Crippen molar-refractivity contribution in [1.82, 2.24) is 0 Å². The van der Waals surface area contributed by atoms with Gasteiger partial charge in [-0.3, -0.25) is 37.3 Å². The molecule has 0 aromatic rings. The molecule has 0 aromatic carbocycles. The maximum Gasteiger partial charge on any atom is 0.472 e. The van der Waals surface area contributed by atoms with Gasteiger partial charge in [-0.2, -0.15) is 0 Å². The van der Waals surface area contributed by atoms with Gasteiger partial charge >= 0.3 is 39.5 Å². The molecule has 0 aliphatic carbocycles. The summed E-state index contributed by atoms with van der Waals surface area (Å²) in [6.07, 6.45) is 37.5. The van der Waals surface area contributed by atoms with Crippen LogP contribution in [-0.4, -0.2) is 96.7 Å². The second kappa shape index (κ2) is 55.6. The van der Waals surface area contributed by atoms with Gasteiger partial charge in [-0.05, 0) is 37.5 Å². The summed E-state index contributed by atoms with van der Waals surface area (Å²) < 4.78 is 67.9. The van der Waals surface area contributed by atoms with Crippen LogP contribution in [0.15, 0.2) is 0 Å². The van der Waals surface area contributed by atoms with Crippen LogP contribution in [0.2, 0.25) is 0 Å². The Balaban J connectivity index is 5.24. The molecule has 0 heterocycles. The first-order valence-electron chi connectivity index (χ1n) is 33.0. The molecule has 0 fully saturated rings. The normalized spacial score (nSPS) is 14.7. The van der Waals surface area contributed by atoms with Gasteiger partial charge in [-0.25, -0.2) is 9.13 Å². The first kappa shape index (κ1) is 80.1. The Hall–Kier alpha value is -1.94. The first-order chi connectivity index (χ1) is 39.4. The Bertz CT molecular complexity index is 1620. The van der Waals surface area contributed by atoms with Crippen molar-refractivity contribution in [3.8, 4) is 0 Å². The van der Waals surface area contributed by atoms with E-state index in [0.717, 1.165) is 108 Å². The minimum Gasteiger partial charge on any atom is -0.462 e. The average Bonchev–Trinajstić information content (AvgIpc) is 3.44. The third-order valence-electron chi connectivity index (χ3n) is 14.8. The van der Waals surface area contributed by atoms with E-state index >= 15 is 0 Å². The molecule has 486 valence electrons. The van der Waals surface area contributed by atoms with Gasteiger partial charge in [0.25, 0.3) is 0 Å². The van der Waals surface area contributed by atoms with Crippen LogP contribution < -0.4 is 0 Å². The average molecular weight is 1210 g/mol. The van der Waals surface area contributed by atoms with Crippen LogP contribution in [0.3, 0.4) is 0 Å². The third-order valence-corrected chi connectivity index (χ3v) is 16.7. The number of phosphoric acid groups is 2. The van der Waals surface area contributed by atoms with E-state index in [9.17, 15) is 43.2 Å². The summed E-state index contributed by atoms with van der Waals surface area (Å²) in [4.78, 5) is 72.1. The molecule has 0 bridgehead atoms. The van der Waals surface area contributed by atoms with Crippen molar-refractivity contribution in [2.24, 2.45) is 11.8 Å². The van der Waals surface area contributed by atoms with Crippen LogP contribution in [0, 0.1) is 11.8 Å². The first-order valence-corrected chi connectivity index (χ1v) is 36.0. The number of ether oxygens (including phenoxy) is 4. The molecular formula is C63H122O17P2. The molecule has 0 rings (SSSR count). The lowest BCUT2D eigenvalue weighted by molar-refractivity contribution is -0.161. The lowest BCUT2D eigenvalue weighted by Gasteiger charge is -2.21. The highest BCUT2D eigenvalue weighted by Gasteiger charge is 2.30. The molecule has 0 spiro atoms. The third kappa shape index (κ3) is 55.9. The van der Waals surface area contributed by atoms with Gasteiger partial charge in [-0.15, -0.1) is 0 Å². The quantitative estimate of drug-likeness (QED) is 0.0222. The van der Waals surface area contributed by atoms with E-state index in [1.807, 2.05) is 0 Å². The summed E-state index contributed by atoms with van der Waals surface area (Å²) in [6.45, 7) is 9.42. The number of phosphoric ester groups is 2. The molecule has 0 amide bonds. The predicted octanol–water partition coefficient (Wildman–Crippen LogP) is 17.3. The number of hydrogen-bond donors (Lipinski definition) is 3. The monoisotopic (exact) mass is 1210 g/mol. The number of carbonyl (C=O) groups is 4. The zero-order chi connectivity index (χ0) is 60.8. The molecule has 0 saturated carbocycles. The zero-order valence-electron chi connectivity index (χ0n) is 52.8. The summed E-state index contributed by atoms with van der Waals surface area (Å²) in [5.74, 6) is -0.642. The maximum absolute atomic E-state index is 13.0. The van der Waals surface area contributed by atoms with Crippen molar-refractivity contribution in [2.75, 3.05) is 39.6 Å². The summed E-state index contributed by atoms with van der Waals surface area (Å²) in [5.41, 5.74) is 0. The molecule has 0 aliphatic heterocycles. The predicted molar refractivity (Wildman–Crippen MR) is 326 cm³/mol. The number of aliphatic hydroxyl groups is 1. The Morgan fingerprint density at radius 2 is 0.622 bits per heavy atom. The van der Waals surface area contributed by atoms with E-state index in [0.29, 0.717) is 25.7 Å². The van der Waals surface area contributed by atoms with Gasteiger partial charge in [0.1, 0.15) is 19.3 Å². The molecule has 3 N–H and O–H groups in total. The standard InChI is InChI=1S/C63H122O17P2/c1-7-10-12-14-16-18-19-20-29-35-41-47-62(67)79-58(51-73-60(65)45-39-33-27-17-15-13-11-8-2)53-77-81(69,70)75-49-57(64)50-76-82(71,72)78-54-59(52-74-61(66)46-40-34-28-23-21-25-31-37-43-55(4)5)80-63(68)48-42-36-30-24-22-26-32-38-44-56(6)9-3/h55-59,64H,7-54H2,1-6H3,(H,69,70)(H,71,72)/t56?,57-,58+,59+/m0/s1. The number of esters is 4. The van der Waals surface area contributed by atoms with Gasteiger partial charge in [0.05, 0.1) is 26.4 Å². The topological polar surface area (TPSA) is 237 Å². The molecule has 0 aromatic heterocycles. The van der Waals surface area contributed by atoms with E-state index in [1.54, 1.807) is 0 Å². The number of aliphatic hydroxyl groups excluding tert-OH is 1. The second-order valence-corrected chi connectivity index (χ2v) is 26.4. The fourth-order valence-corrected chi connectivity index (χ4v) is 10.9. The highest BCUT2D eigenvalue weighted by atomic mass is 31.2. The Labute approximate surface area is 498 Å². The van der Waals surface area contributed by atoms with Crippen molar-refractivity contribution >= 4 is 39.5 Å². The minimum absolute atomic E-state index is 0.104. The highest BCUT2D eigenvalue weighted by Crippen LogP contribution is 2.45. The van der Waals surface area contributed by atoms with Gasteiger partial charge in [-0.1, -0.05) is 260 Å². The SMILES string of the molecule is CCCCCCCCCCCCCC(=O)O[C@H](COC(=O)CCCCCCCCCC)COP(=O)(O)OC[C@H](O)COP(=O)(O)OC[C@@H](COC(=O)CCCCCCCCCCC(C)C)OC(=O)CCCCCCCCCCC(C)CC. The lowest BCUT2D eigenvalue weighted by atomic mass is 9.99. The molecule has 0 saturated heterocycles. The number of carbonyl (C=O) groups excluding carboxylic acids is 4. The number of rotatable bonds is 62. The van der Waals surface area contributed by atoms with Crippen molar-refractivity contribution in [2.45, 2.75) is 330 Å². The van der Waals surface area contributed by atoms with Crippen LogP contribution in [0.5, 0.6) is 0 Å².